The lowest BCUT2D eigenvalue weighted by molar-refractivity contribution is -0.504. The van der Waals surface area contributed by atoms with Crippen LogP contribution in [-0.4, -0.2) is 51.6 Å². The minimum Gasteiger partial charge on any atom is -0.378 e. The zero-order chi connectivity index (χ0) is 23.7. The summed E-state index contributed by atoms with van der Waals surface area (Å²) in [7, 11) is 8.35. The monoisotopic (exact) mass is 448 g/mol. The van der Waals surface area contributed by atoms with E-state index in [2.05, 4.69) is 128 Å². The summed E-state index contributed by atoms with van der Waals surface area (Å²) in [5, 5.41) is 0. The summed E-state index contributed by atoms with van der Waals surface area (Å²) in [6, 6.07) is 26.8. The fourth-order valence-corrected chi connectivity index (χ4v) is 5.07. The summed E-state index contributed by atoms with van der Waals surface area (Å²) in [5.74, 6) is 0. The molecule has 3 aromatic rings. The van der Waals surface area contributed by atoms with Crippen molar-refractivity contribution in [3.05, 3.63) is 107 Å². The van der Waals surface area contributed by atoms with Crippen molar-refractivity contribution < 1.29 is 4.58 Å². The number of fused-ring (bicyclic) bond motifs is 1. The molecular formula is C31H34N3+. The quantitative estimate of drug-likeness (QED) is 0.457. The van der Waals surface area contributed by atoms with Gasteiger partial charge in [0.1, 0.15) is 13.1 Å². The third-order valence-corrected chi connectivity index (χ3v) is 6.96. The molecule has 0 spiro atoms. The van der Waals surface area contributed by atoms with Crippen LogP contribution in [0.4, 0.5) is 11.4 Å². The van der Waals surface area contributed by atoms with Gasteiger partial charge in [-0.25, -0.2) is 4.58 Å². The van der Waals surface area contributed by atoms with Crippen LogP contribution in [-0.2, 0) is 0 Å². The van der Waals surface area contributed by atoms with E-state index in [1.807, 2.05) is 0 Å². The molecule has 0 amide bonds. The molecule has 1 aliphatic carbocycles. The molecule has 0 saturated carbocycles. The van der Waals surface area contributed by atoms with Crippen LogP contribution >= 0.6 is 0 Å². The molecule has 0 unspecified atom stereocenters. The predicted molar refractivity (Wildman–Crippen MR) is 146 cm³/mol. The minimum absolute atomic E-state index is 1.15. The second kappa shape index (κ2) is 9.34. The molecule has 5 rings (SSSR count). The second-order valence-electron chi connectivity index (χ2n) is 9.63. The number of nitrogens with zero attached hydrogens (tertiary/aromatic N) is 3. The van der Waals surface area contributed by atoms with Crippen LogP contribution in [0.2, 0.25) is 0 Å². The zero-order valence-corrected chi connectivity index (χ0v) is 20.8. The summed E-state index contributed by atoms with van der Waals surface area (Å²) in [6.45, 7) is 2.30. The maximum Gasteiger partial charge on any atom is 0.207 e. The van der Waals surface area contributed by atoms with Gasteiger partial charge in [-0.15, -0.1) is 0 Å². The molecule has 0 aromatic heterocycles. The Kier molecular flexibility index (Phi) is 6.10. The Hall–Kier alpha value is -3.59. The molecule has 34 heavy (non-hydrogen) atoms. The molecule has 172 valence electrons. The normalized spacial score (nSPS) is 14.9. The lowest BCUT2D eigenvalue weighted by Crippen LogP contribution is -2.21. The Morgan fingerprint density at radius 3 is 1.62 bits per heavy atom. The van der Waals surface area contributed by atoms with Crippen LogP contribution in [0.5, 0.6) is 0 Å². The fourth-order valence-electron chi connectivity index (χ4n) is 5.07. The molecule has 1 saturated heterocycles. The predicted octanol–water partition coefficient (Wildman–Crippen LogP) is 5.94. The maximum absolute atomic E-state index is 2.55. The highest BCUT2D eigenvalue weighted by molar-refractivity contribution is 6.17. The lowest BCUT2D eigenvalue weighted by Gasteiger charge is -2.21. The van der Waals surface area contributed by atoms with E-state index in [1.54, 1.807) is 0 Å². The van der Waals surface area contributed by atoms with Crippen LogP contribution in [0, 0.1) is 0 Å². The molecular weight excluding hydrogens is 414 g/mol. The zero-order valence-electron chi connectivity index (χ0n) is 20.8. The molecule has 1 aliphatic heterocycles. The molecule has 0 atom stereocenters. The van der Waals surface area contributed by atoms with Gasteiger partial charge < -0.3 is 9.80 Å². The molecule has 1 fully saturated rings. The van der Waals surface area contributed by atoms with Gasteiger partial charge in [0.25, 0.3) is 0 Å². The van der Waals surface area contributed by atoms with Crippen molar-refractivity contribution in [2.45, 2.75) is 12.8 Å². The second-order valence-corrected chi connectivity index (χ2v) is 9.63. The van der Waals surface area contributed by atoms with Gasteiger partial charge in [0.2, 0.25) is 5.71 Å². The Balaban J connectivity index is 1.73. The summed E-state index contributed by atoms with van der Waals surface area (Å²) in [5.41, 5.74) is 11.5. The van der Waals surface area contributed by atoms with Crippen LogP contribution in [0.25, 0.3) is 11.1 Å². The Bertz CT molecular complexity index is 1210. The van der Waals surface area contributed by atoms with E-state index in [9.17, 15) is 0 Å². The first-order valence-corrected chi connectivity index (χ1v) is 12.2. The van der Waals surface area contributed by atoms with Gasteiger partial charge in [-0.1, -0.05) is 42.5 Å². The highest BCUT2D eigenvalue weighted by Gasteiger charge is 2.26. The maximum atomic E-state index is 2.55. The fraction of sp³-hybridized carbons (Fsp3) is 0.258. The smallest absolute Gasteiger partial charge is 0.207 e. The highest BCUT2D eigenvalue weighted by atomic mass is 15.1. The molecule has 2 aliphatic rings. The number of hydrogen-bond acceptors (Lipinski definition) is 2. The first-order chi connectivity index (χ1) is 16.5. The third-order valence-electron chi connectivity index (χ3n) is 6.96. The number of benzene rings is 3. The van der Waals surface area contributed by atoms with Crippen molar-refractivity contribution in [2.24, 2.45) is 0 Å². The van der Waals surface area contributed by atoms with E-state index in [4.69, 9.17) is 0 Å². The minimum atomic E-state index is 1.15. The topological polar surface area (TPSA) is 9.49 Å². The van der Waals surface area contributed by atoms with Crippen molar-refractivity contribution in [1.82, 2.24) is 0 Å². The third kappa shape index (κ3) is 4.19. The standard InChI is InChI=1S/C31H34N3/c1-32(2)25-15-11-23(12-16-25)31(24-13-17-26(18-14-24)33(3)4)29-19-20-30(34-21-7-8-22-34)28-10-6-5-9-27(28)29/h5-6,9-20H,7-8,21-22H2,1-4H3/q+1. The SMILES string of the molecule is CN(C)c1ccc(C(=C2C=CC(=[N+]3CCCC3)c3ccccc32)c2ccc(N(C)C)cc2)cc1. The molecule has 1 heterocycles. The first-order valence-electron chi connectivity index (χ1n) is 12.2. The molecule has 0 N–H and O–H groups in total. The van der Waals surface area contributed by atoms with Crippen LogP contribution in [0.1, 0.15) is 35.1 Å². The number of anilines is 2. The summed E-state index contributed by atoms with van der Waals surface area (Å²) >= 11 is 0. The van der Waals surface area contributed by atoms with Gasteiger partial charge in [-0.05, 0) is 64.2 Å². The molecule has 3 heteroatoms. The van der Waals surface area contributed by atoms with Crippen molar-refractivity contribution in [2.75, 3.05) is 51.1 Å². The number of rotatable bonds is 4. The van der Waals surface area contributed by atoms with Gasteiger partial charge >= 0.3 is 0 Å². The van der Waals surface area contributed by atoms with E-state index in [-0.39, 0.29) is 0 Å². The average Bonchev–Trinajstić information content (AvgIpc) is 3.40. The van der Waals surface area contributed by atoms with Crippen LogP contribution in [0.3, 0.4) is 0 Å². The van der Waals surface area contributed by atoms with Crippen molar-refractivity contribution >= 4 is 28.2 Å². The molecule has 0 bridgehead atoms. The molecule has 3 nitrogen and oxygen atoms in total. The van der Waals surface area contributed by atoms with E-state index >= 15 is 0 Å². The van der Waals surface area contributed by atoms with Crippen LogP contribution in [0.15, 0.2) is 84.9 Å². The average molecular weight is 449 g/mol. The Morgan fingerprint density at radius 1 is 0.618 bits per heavy atom. The van der Waals surface area contributed by atoms with Crippen molar-refractivity contribution in [1.29, 1.82) is 0 Å². The van der Waals surface area contributed by atoms with Crippen molar-refractivity contribution in [3.8, 4) is 0 Å². The van der Waals surface area contributed by atoms with E-state index in [0.717, 1.165) is 13.1 Å². The van der Waals surface area contributed by atoms with Gasteiger partial charge in [-0.3, -0.25) is 0 Å². The first kappa shape index (κ1) is 22.2. The molecule has 3 aromatic carbocycles. The van der Waals surface area contributed by atoms with E-state index in [1.165, 1.54) is 63.3 Å². The lowest BCUT2D eigenvalue weighted by atomic mass is 9.83. The number of hydrogen-bond donors (Lipinski definition) is 0. The van der Waals surface area contributed by atoms with E-state index in [0.29, 0.717) is 0 Å². The van der Waals surface area contributed by atoms with Gasteiger partial charge in [-0.2, -0.15) is 0 Å². The van der Waals surface area contributed by atoms with Gasteiger partial charge in [0, 0.05) is 58.5 Å². The van der Waals surface area contributed by atoms with Gasteiger partial charge in [0.15, 0.2) is 0 Å². The van der Waals surface area contributed by atoms with Gasteiger partial charge in [0.05, 0.1) is 5.56 Å². The molecule has 0 radical (unpaired) electrons. The number of allylic oxidation sites excluding steroid dienone is 3. The van der Waals surface area contributed by atoms with E-state index < -0.39 is 0 Å². The summed E-state index contributed by atoms with van der Waals surface area (Å²) < 4.78 is 2.55. The highest BCUT2D eigenvalue weighted by Crippen LogP contribution is 2.38. The Labute approximate surface area is 204 Å². The van der Waals surface area contributed by atoms with Crippen molar-refractivity contribution in [3.63, 3.8) is 0 Å². The van der Waals surface area contributed by atoms with Crippen LogP contribution < -0.4 is 9.80 Å². The summed E-state index contributed by atoms with van der Waals surface area (Å²) in [4.78, 5) is 4.30. The summed E-state index contributed by atoms with van der Waals surface area (Å²) in [6.07, 6.45) is 7.24. The Morgan fingerprint density at radius 2 is 1.12 bits per heavy atom. The largest absolute Gasteiger partial charge is 0.378 e.